The molecule has 6 heteroatoms. The Kier molecular flexibility index (Phi) is 6.69. The first-order valence-corrected chi connectivity index (χ1v) is 8.82. The molecule has 0 aliphatic rings. The summed E-state index contributed by atoms with van der Waals surface area (Å²) in [6.07, 6.45) is 3.15. The molecule has 1 amide bonds. The summed E-state index contributed by atoms with van der Waals surface area (Å²) in [6.45, 7) is 2.47. The average Bonchev–Trinajstić information content (AvgIpc) is 2.50. The second kappa shape index (κ2) is 8.52. The fraction of sp³-hybridized carbons (Fsp3) is 0.118. The summed E-state index contributed by atoms with van der Waals surface area (Å²) in [6, 6.07) is 10.9. The standard InChI is InChI=1S/C17H14Br2ClNO2/c1-2-23-16-7-5-12(18)9-11(16)3-8-17(22)21-15-6-4-13(19)10-14(15)20/h3-10H,2H2,1H3,(H,21,22)/b8-3+. The van der Waals surface area contributed by atoms with Crippen molar-refractivity contribution in [3.63, 3.8) is 0 Å². The molecule has 120 valence electrons. The summed E-state index contributed by atoms with van der Waals surface area (Å²) in [5.41, 5.74) is 1.38. The minimum absolute atomic E-state index is 0.267. The number of benzene rings is 2. The molecule has 1 N–H and O–H groups in total. The van der Waals surface area contributed by atoms with E-state index in [4.69, 9.17) is 16.3 Å². The Morgan fingerprint density at radius 2 is 1.91 bits per heavy atom. The Morgan fingerprint density at radius 3 is 2.61 bits per heavy atom. The van der Waals surface area contributed by atoms with Crippen LogP contribution >= 0.6 is 43.5 Å². The fourth-order valence-electron chi connectivity index (χ4n) is 1.87. The summed E-state index contributed by atoms with van der Waals surface area (Å²) in [4.78, 5) is 12.1. The van der Waals surface area contributed by atoms with Crippen LogP contribution < -0.4 is 10.1 Å². The molecule has 0 saturated carbocycles. The summed E-state index contributed by atoms with van der Waals surface area (Å²) in [5, 5.41) is 3.21. The van der Waals surface area contributed by atoms with Crippen LogP contribution in [0, 0.1) is 0 Å². The highest BCUT2D eigenvalue weighted by Gasteiger charge is 2.05. The lowest BCUT2D eigenvalue weighted by atomic mass is 10.2. The van der Waals surface area contributed by atoms with Gasteiger partial charge in [-0.3, -0.25) is 4.79 Å². The summed E-state index contributed by atoms with van der Waals surface area (Å²) in [5.74, 6) is 0.457. The van der Waals surface area contributed by atoms with Gasteiger partial charge in [0.15, 0.2) is 0 Å². The van der Waals surface area contributed by atoms with Gasteiger partial charge in [-0.2, -0.15) is 0 Å². The van der Waals surface area contributed by atoms with E-state index in [9.17, 15) is 4.79 Å². The molecule has 0 bridgehead atoms. The third-order valence-electron chi connectivity index (χ3n) is 2.87. The summed E-state index contributed by atoms with van der Waals surface area (Å²) >= 11 is 12.8. The van der Waals surface area contributed by atoms with Crippen molar-refractivity contribution in [2.75, 3.05) is 11.9 Å². The van der Waals surface area contributed by atoms with E-state index in [2.05, 4.69) is 37.2 Å². The quantitative estimate of drug-likeness (QED) is 0.564. The molecule has 0 atom stereocenters. The molecule has 2 aromatic carbocycles. The Bertz CT molecular complexity index is 747. The van der Waals surface area contributed by atoms with Crippen molar-refractivity contribution in [2.24, 2.45) is 0 Å². The molecule has 0 aliphatic carbocycles. The van der Waals surface area contributed by atoms with E-state index >= 15 is 0 Å². The maximum Gasteiger partial charge on any atom is 0.248 e. The van der Waals surface area contributed by atoms with E-state index in [1.807, 2.05) is 31.2 Å². The zero-order valence-electron chi connectivity index (χ0n) is 12.3. The highest BCUT2D eigenvalue weighted by atomic mass is 79.9. The van der Waals surface area contributed by atoms with Gasteiger partial charge in [-0.15, -0.1) is 0 Å². The first-order chi connectivity index (χ1) is 11.0. The molecule has 0 spiro atoms. The maximum absolute atomic E-state index is 12.1. The second-order valence-electron chi connectivity index (χ2n) is 4.56. The number of rotatable bonds is 5. The maximum atomic E-state index is 12.1. The lowest BCUT2D eigenvalue weighted by molar-refractivity contribution is -0.111. The number of nitrogens with one attached hydrogen (secondary N) is 1. The number of carbonyl (C=O) groups is 1. The Labute approximate surface area is 156 Å². The fourth-order valence-corrected chi connectivity index (χ4v) is 2.97. The van der Waals surface area contributed by atoms with Gasteiger partial charge >= 0.3 is 0 Å². The monoisotopic (exact) mass is 457 g/mol. The van der Waals surface area contributed by atoms with Gasteiger partial charge in [-0.05, 0) is 49.4 Å². The second-order valence-corrected chi connectivity index (χ2v) is 6.80. The number of halogens is 3. The van der Waals surface area contributed by atoms with Crippen LogP contribution in [0.2, 0.25) is 5.02 Å². The van der Waals surface area contributed by atoms with Crippen LogP contribution in [0.3, 0.4) is 0 Å². The van der Waals surface area contributed by atoms with Crippen molar-refractivity contribution in [1.29, 1.82) is 0 Å². The number of ether oxygens (including phenoxy) is 1. The molecule has 0 unspecified atom stereocenters. The topological polar surface area (TPSA) is 38.3 Å². The van der Waals surface area contributed by atoms with Crippen molar-refractivity contribution >= 4 is 61.1 Å². The number of anilines is 1. The predicted molar refractivity (Wildman–Crippen MR) is 102 cm³/mol. The van der Waals surface area contributed by atoms with Gasteiger partial charge in [-0.1, -0.05) is 43.5 Å². The molecule has 2 rings (SSSR count). The smallest absolute Gasteiger partial charge is 0.248 e. The Balaban J connectivity index is 2.13. The van der Waals surface area contributed by atoms with Crippen LogP contribution in [-0.2, 0) is 4.79 Å². The lowest BCUT2D eigenvalue weighted by Gasteiger charge is -2.08. The van der Waals surface area contributed by atoms with Crippen LogP contribution in [0.15, 0.2) is 51.4 Å². The normalized spacial score (nSPS) is 10.8. The van der Waals surface area contributed by atoms with Crippen molar-refractivity contribution in [1.82, 2.24) is 0 Å². The SMILES string of the molecule is CCOc1ccc(Br)cc1/C=C/C(=O)Nc1ccc(Br)cc1Cl. The first kappa shape index (κ1) is 18.0. The van der Waals surface area contributed by atoms with E-state index in [-0.39, 0.29) is 5.91 Å². The molecule has 0 fully saturated rings. The van der Waals surface area contributed by atoms with Crippen molar-refractivity contribution in [3.8, 4) is 5.75 Å². The zero-order chi connectivity index (χ0) is 16.8. The first-order valence-electron chi connectivity index (χ1n) is 6.86. The van der Waals surface area contributed by atoms with Crippen molar-refractivity contribution < 1.29 is 9.53 Å². The molecule has 2 aromatic rings. The molecule has 0 saturated heterocycles. The molecule has 0 aliphatic heterocycles. The van der Waals surface area contributed by atoms with Gasteiger partial charge in [0.2, 0.25) is 5.91 Å². The van der Waals surface area contributed by atoms with Crippen molar-refractivity contribution in [2.45, 2.75) is 6.92 Å². The minimum atomic E-state index is -0.267. The van der Waals surface area contributed by atoms with Crippen LogP contribution in [0.1, 0.15) is 12.5 Å². The molecular formula is C17H14Br2ClNO2. The lowest BCUT2D eigenvalue weighted by Crippen LogP contribution is -2.08. The minimum Gasteiger partial charge on any atom is -0.493 e. The number of carbonyl (C=O) groups excluding carboxylic acids is 1. The van der Waals surface area contributed by atoms with E-state index < -0.39 is 0 Å². The van der Waals surface area contributed by atoms with Crippen LogP contribution in [0.4, 0.5) is 5.69 Å². The number of amides is 1. The highest BCUT2D eigenvalue weighted by Crippen LogP contribution is 2.26. The van der Waals surface area contributed by atoms with E-state index in [0.717, 1.165) is 20.3 Å². The number of hydrogen-bond acceptors (Lipinski definition) is 2. The Hall–Kier alpha value is -1.30. The molecule has 0 heterocycles. The molecule has 3 nitrogen and oxygen atoms in total. The average molecular weight is 460 g/mol. The zero-order valence-corrected chi connectivity index (χ0v) is 16.2. The summed E-state index contributed by atoms with van der Waals surface area (Å²) in [7, 11) is 0. The van der Waals surface area contributed by atoms with Crippen molar-refractivity contribution in [3.05, 3.63) is 62.0 Å². The number of hydrogen-bond donors (Lipinski definition) is 1. The Morgan fingerprint density at radius 1 is 1.22 bits per heavy atom. The third kappa shape index (κ3) is 5.37. The summed E-state index contributed by atoms with van der Waals surface area (Å²) < 4.78 is 7.31. The van der Waals surface area contributed by atoms with Gasteiger partial charge in [0, 0.05) is 20.6 Å². The van der Waals surface area contributed by atoms with Crippen LogP contribution in [0.5, 0.6) is 5.75 Å². The van der Waals surface area contributed by atoms with Gasteiger partial charge in [0.05, 0.1) is 17.3 Å². The molecule has 0 radical (unpaired) electrons. The molecule has 23 heavy (non-hydrogen) atoms. The molecule has 0 aromatic heterocycles. The predicted octanol–water partition coefficient (Wildman–Crippen LogP) is 5.92. The largest absolute Gasteiger partial charge is 0.493 e. The van der Waals surface area contributed by atoms with Crippen LogP contribution in [0.25, 0.3) is 6.08 Å². The highest BCUT2D eigenvalue weighted by molar-refractivity contribution is 9.10. The van der Waals surface area contributed by atoms with E-state index in [0.29, 0.717) is 17.3 Å². The van der Waals surface area contributed by atoms with Gasteiger partial charge in [0.1, 0.15) is 5.75 Å². The van der Waals surface area contributed by atoms with Crippen LogP contribution in [-0.4, -0.2) is 12.5 Å². The van der Waals surface area contributed by atoms with E-state index in [1.54, 1.807) is 18.2 Å². The van der Waals surface area contributed by atoms with Gasteiger partial charge in [-0.25, -0.2) is 0 Å². The van der Waals surface area contributed by atoms with E-state index in [1.165, 1.54) is 6.08 Å². The van der Waals surface area contributed by atoms with Gasteiger partial charge in [0.25, 0.3) is 0 Å². The third-order valence-corrected chi connectivity index (χ3v) is 4.17. The molecular weight excluding hydrogens is 445 g/mol. The van der Waals surface area contributed by atoms with Gasteiger partial charge < -0.3 is 10.1 Å².